The first-order valence-corrected chi connectivity index (χ1v) is 6.49. The van der Waals surface area contributed by atoms with Gasteiger partial charge in [0.05, 0.1) is 15.5 Å². The second-order valence-electron chi connectivity index (χ2n) is 3.76. The van der Waals surface area contributed by atoms with Crippen molar-refractivity contribution >= 4 is 50.7 Å². The largest absolute Gasteiger partial charge is 0.324 e. The van der Waals surface area contributed by atoms with Crippen molar-refractivity contribution in [2.75, 3.05) is 5.32 Å². The van der Waals surface area contributed by atoms with Gasteiger partial charge in [0.2, 0.25) is 5.91 Å². The Morgan fingerprint density at radius 1 is 1.38 bits per heavy atom. The monoisotopic (exact) mass is 323 g/mol. The van der Waals surface area contributed by atoms with Crippen LogP contribution in [0, 0.1) is 5.92 Å². The van der Waals surface area contributed by atoms with E-state index in [1.807, 2.05) is 13.8 Å². The average molecular weight is 325 g/mol. The topological polar surface area (TPSA) is 29.1 Å². The maximum Gasteiger partial charge on any atom is 0.238 e. The van der Waals surface area contributed by atoms with E-state index in [-0.39, 0.29) is 16.7 Å². The Bertz CT molecular complexity index is 396. The van der Waals surface area contributed by atoms with Gasteiger partial charge in [0, 0.05) is 5.02 Å². The van der Waals surface area contributed by atoms with E-state index in [1.165, 1.54) is 0 Å². The first-order chi connectivity index (χ1) is 7.41. The number of anilines is 1. The van der Waals surface area contributed by atoms with E-state index in [0.29, 0.717) is 15.7 Å². The molecule has 1 amide bonds. The third kappa shape index (κ3) is 3.65. The van der Waals surface area contributed by atoms with Crippen molar-refractivity contribution in [3.05, 3.63) is 28.2 Å². The smallest absolute Gasteiger partial charge is 0.238 e. The van der Waals surface area contributed by atoms with E-state index in [2.05, 4.69) is 21.2 Å². The molecule has 1 atom stereocenters. The lowest BCUT2D eigenvalue weighted by Crippen LogP contribution is -2.27. The van der Waals surface area contributed by atoms with Gasteiger partial charge in [0.25, 0.3) is 0 Å². The molecular weight excluding hydrogens is 313 g/mol. The van der Waals surface area contributed by atoms with Gasteiger partial charge in [-0.2, -0.15) is 0 Å². The van der Waals surface area contributed by atoms with E-state index in [4.69, 9.17) is 23.2 Å². The van der Waals surface area contributed by atoms with Gasteiger partial charge in [0.1, 0.15) is 0 Å². The summed E-state index contributed by atoms with van der Waals surface area (Å²) in [6, 6.07) is 4.96. The van der Waals surface area contributed by atoms with Crippen molar-refractivity contribution in [1.29, 1.82) is 0 Å². The van der Waals surface area contributed by atoms with Gasteiger partial charge in [-0.05, 0) is 24.1 Å². The van der Waals surface area contributed by atoms with Gasteiger partial charge in [0.15, 0.2) is 0 Å². The van der Waals surface area contributed by atoms with Crippen LogP contribution < -0.4 is 5.32 Å². The lowest BCUT2D eigenvalue weighted by Gasteiger charge is -2.14. The molecule has 16 heavy (non-hydrogen) atoms. The third-order valence-electron chi connectivity index (χ3n) is 2.02. The predicted molar refractivity (Wildman–Crippen MR) is 72.6 cm³/mol. The molecule has 5 heteroatoms. The molecule has 0 heterocycles. The molecule has 0 aliphatic heterocycles. The highest BCUT2D eigenvalue weighted by Crippen LogP contribution is 2.26. The fourth-order valence-electron chi connectivity index (χ4n) is 1.10. The molecule has 1 aromatic rings. The second-order valence-corrected chi connectivity index (χ2v) is 5.59. The lowest BCUT2D eigenvalue weighted by molar-refractivity contribution is -0.116. The van der Waals surface area contributed by atoms with Gasteiger partial charge in [-0.1, -0.05) is 53.0 Å². The summed E-state index contributed by atoms with van der Waals surface area (Å²) in [5.41, 5.74) is 0.571. The minimum Gasteiger partial charge on any atom is -0.324 e. The molecule has 0 saturated carbocycles. The van der Waals surface area contributed by atoms with Crippen molar-refractivity contribution in [2.45, 2.75) is 18.7 Å². The number of hydrogen-bond acceptors (Lipinski definition) is 1. The van der Waals surface area contributed by atoms with Crippen LogP contribution in [0.25, 0.3) is 0 Å². The van der Waals surface area contributed by atoms with Crippen LogP contribution in [-0.2, 0) is 4.79 Å². The SMILES string of the molecule is CC(C)C(Br)C(=O)Nc1ccc(Cl)cc1Cl. The summed E-state index contributed by atoms with van der Waals surface area (Å²) in [6.45, 7) is 3.92. The van der Waals surface area contributed by atoms with Crippen molar-refractivity contribution in [1.82, 2.24) is 0 Å². The molecular formula is C11H12BrCl2NO. The van der Waals surface area contributed by atoms with Crippen LogP contribution in [0.1, 0.15) is 13.8 Å². The zero-order valence-corrected chi connectivity index (χ0v) is 12.0. The predicted octanol–water partition coefficient (Wildman–Crippen LogP) is 4.35. The van der Waals surface area contributed by atoms with Gasteiger partial charge in [-0.3, -0.25) is 4.79 Å². The van der Waals surface area contributed by atoms with Crippen LogP contribution in [-0.4, -0.2) is 10.7 Å². The summed E-state index contributed by atoms with van der Waals surface area (Å²) < 4.78 is 0. The molecule has 0 bridgehead atoms. The summed E-state index contributed by atoms with van der Waals surface area (Å²) in [7, 11) is 0. The molecule has 2 nitrogen and oxygen atoms in total. The molecule has 0 radical (unpaired) electrons. The number of carbonyl (C=O) groups excluding carboxylic acids is 1. The molecule has 1 aromatic carbocycles. The molecule has 1 unspecified atom stereocenters. The molecule has 0 aliphatic rings. The standard InChI is InChI=1S/C11H12BrCl2NO/c1-6(2)10(12)11(16)15-9-4-3-7(13)5-8(9)14/h3-6,10H,1-2H3,(H,15,16). The van der Waals surface area contributed by atoms with Crippen LogP contribution in [0.15, 0.2) is 18.2 Å². The van der Waals surface area contributed by atoms with Crippen LogP contribution in [0.5, 0.6) is 0 Å². The Kier molecular flexibility index (Phi) is 5.09. The maximum absolute atomic E-state index is 11.7. The number of hydrogen-bond donors (Lipinski definition) is 1. The Labute approximate surface area is 113 Å². The van der Waals surface area contributed by atoms with E-state index in [0.717, 1.165) is 0 Å². The summed E-state index contributed by atoms with van der Waals surface area (Å²) in [6.07, 6.45) is 0. The summed E-state index contributed by atoms with van der Waals surface area (Å²) in [5.74, 6) is 0.102. The van der Waals surface area contributed by atoms with Crippen LogP contribution in [0.2, 0.25) is 10.0 Å². The highest BCUT2D eigenvalue weighted by atomic mass is 79.9. The average Bonchev–Trinajstić information content (AvgIpc) is 2.20. The zero-order chi connectivity index (χ0) is 12.3. The normalized spacial score (nSPS) is 12.6. The van der Waals surface area contributed by atoms with E-state index >= 15 is 0 Å². The van der Waals surface area contributed by atoms with Gasteiger partial charge in [-0.15, -0.1) is 0 Å². The number of alkyl halides is 1. The van der Waals surface area contributed by atoms with E-state index in [9.17, 15) is 4.79 Å². The Morgan fingerprint density at radius 2 is 2.00 bits per heavy atom. The lowest BCUT2D eigenvalue weighted by atomic mass is 10.1. The maximum atomic E-state index is 11.7. The number of halogens is 3. The first kappa shape index (κ1) is 13.8. The van der Waals surface area contributed by atoms with Crippen molar-refractivity contribution in [2.24, 2.45) is 5.92 Å². The molecule has 0 aliphatic carbocycles. The quantitative estimate of drug-likeness (QED) is 0.823. The molecule has 0 saturated heterocycles. The highest BCUT2D eigenvalue weighted by molar-refractivity contribution is 9.10. The third-order valence-corrected chi connectivity index (χ3v) is 4.05. The number of benzene rings is 1. The minimum atomic E-state index is -0.237. The van der Waals surface area contributed by atoms with Crippen molar-refractivity contribution < 1.29 is 4.79 Å². The Balaban J connectivity index is 2.77. The first-order valence-electron chi connectivity index (χ1n) is 4.82. The number of nitrogens with one attached hydrogen (secondary N) is 1. The van der Waals surface area contributed by atoms with E-state index < -0.39 is 0 Å². The summed E-state index contributed by atoms with van der Waals surface area (Å²) in [5, 5.41) is 3.72. The Morgan fingerprint density at radius 3 is 2.50 bits per heavy atom. The summed E-state index contributed by atoms with van der Waals surface area (Å²) >= 11 is 15.0. The molecule has 1 rings (SSSR count). The molecule has 1 N–H and O–H groups in total. The van der Waals surface area contributed by atoms with Crippen molar-refractivity contribution in [3.63, 3.8) is 0 Å². The number of amides is 1. The van der Waals surface area contributed by atoms with Crippen LogP contribution in [0.3, 0.4) is 0 Å². The van der Waals surface area contributed by atoms with E-state index in [1.54, 1.807) is 18.2 Å². The fourth-order valence-corrected chi connectivity index (χ4v) is 1.67. The zero-order valence-electron chi connectivity index (χ0n) is 8.93. The summed E-state index contributed by atoms with van der Waals surface area (Å²) in [4.78, 5) is 11.5. The number of carbonyl (C=O) groups is 1. The number of rotatable bonds is 3. The Hall–Kier alpha value is -0.250. The fraction of sp³-hybridized carbons (Fsp3) is 0.364. The van der Waals surface area contributed by atoms with Gasteiger partial charge < -0.3 is 5.32 Å². The van der Waals surface area contributed by atoms with Crippen LogP contribution in [0.4, 0.5) is 5.69 Å². The second kappa shape index (κ2) is 5.89. The highest BCUT2D eigenvalue weighted by Gasteiger charge is 2.19. The molecule has 0 aromatic heterocycles. The van der Waals surface area contributed by atoms with Crippen molar-refractivity contribution in [3.8, 4) is 0 Å². The molecule has 88 valence electrons. The van der Waals surface area contributed by atoms with Crippen LogP contribution >= 0.6 is 39.1 Å². The minimum absolute atomic E-state index is 0.112. The molecule has 0 spiro atoms. The van der Waals surface area contributed by atoms with Gasteiger partial charge in [-0.25, -0.2) is 0 Å². The molecule has 0 fully saturated rings. The van der Waals surface area contributed by atoms with Gasteiger partial charge >= 0.3 is 0 Å².